The summed E-state index contributed by atoms with van der Waals surface area (Å²) in [4.78, 5) is 6.24. The Kier molecular flexibility index (Phi) is 3.81. The van der Waals surface area contributed by atoms with Crippen molar-refractivity contribution < 1.29 is 4.39 Å². The third-order valence-electron chi connectivity index (χ3n) is 3.60. The molecule has 3 rings (SSSR count). The number of nitrogens with zero attached hydrogens (tertiary/aromatic N) is 2. The van der Waals surface area contributed by atoms with Crippen molar-refractivity contribution >= 4 is 11.4 Å². The van der Waals surface area contributed by atoms with Crippen molar-refractivity contribution in [1.29, 1.82) is 0 Å². The van der Waals surface area contributed by atoms with Crippen LogP contribution < -0.4 is 10.2 Å². The molecule has 0 amide bonds. The molecular formula is C16H18FN3. The SMILES string of the molecule is Fc1cncc(CNc2ccc(N3CCCC3)cc2)c1. The molecule has 1 aromatic carbocycles. The minimum atomic E-state index is -0.298. The average molecular weight is 271 g/mol. The number of pyridine rings is 1. The summed E-state index contributed by atoms with van der Waals surface area (Å²) < 4.78 is 13.0. The van der Waals surface area contributed by atoms with Crippen molar-refractivity contribution in [2.75, 3.05) is 23.3 Å². The number of rotatable bonds is 4. The highest BCUT2D eigenvalue weighted by molar-refractivity contribution is 5.55. The van der Waals surface area contributed by atoms with Crippen LogP contribution in [0.4, 0.5) is 15.8 Å². The van der Waals surface area contributed by atoms with Gasteiger partial charge in [-0.3, -0.25) is 4.98 Å². The third-order valence-corrected chi connectivity index (χ3v) is 3.60. The molecule has 0 unspecified atom stereocenters. The Balaban J connectivity index is 1.60. The number of hydrogen-bond donors (Lipinski definition) is 1. The minimum Gasteiger partial charge on any atom is -0.381 e. The maximum absolute atomic E-state index is 13.0. The summed E-state index contributed by atoms with van der Waals surface area (Å²) in [5, 5.41) is 3.28. The molecule has 3 nitrogen and oxygen atoms in total. The lowest BCUT2D eigenvalue weighted by atomic mass is 10.2. The fourth-order valence-electron chi connectivity index (χ4n) is 2.52. The Labute approximate surface area is 118 Å². The van der Waals surface area contributed by atoms with E-state index >= 15 is 0 Å². The van der Waals surface area contributed by atoms with Gasteiger partial charge in [0.2, 0.25) is 0 Å². The summed E-state index contributed by atoms with van der Waals surface area (Å²) in [7, 11) is 0. The predicted molar refractivity (Wildman–Crippen MR) is 79.4 cm³/mol. The smallest absolute Gasteiger partial charge is 0.141 e. The van der Waals surface area contributed by atoms with Crippen LogP contribution in [0.25, 0.3) is 0 Å². The Morgan fingerprint density at radius 1 is 1.10 bits per heavy atom. The van der Waals surface area contributed by atoms with E-state index in [9.17, 15) is 4.39 Å². The van der Waals surface area contributed by atoms with Crippen LogP contribution in [-0.4, -0.2) is 18.1 Å². The lowest BCUT2D eigenvalue weighted by Gasteiger charge is -2.18. The molecule has 0 bridgehead atoms. The second kappa shape index (κ2) is 5.90. The van der Waals surface area contributed by atoms with Gasteiger partial charge in [0.1, 0.15) is 5.82 Å². The Bertz CT molecular complexity index is 562. The molecule has 1 aromatic heterocycles. The van der Waals surface area contributed by atoms with Crippen molar-refractivity contribution in [1.82, 2.24) is 4.98 Å². The second-order valence-corrected chi connectivity index (χ2v) is 5.11. The molecule has 0 radical (unpaired) electrons. The number of nitrogens with one attached hydrogen (secondary N) is 1. The normalized spacial score (nSPS) is 14.6. The zero-order valence-electron chi connectivity index (χ0n) is 11.3. The first kappa shape index (κ1) is 12.9. The van der Waals surface area contributed by atoms with Gasteiger partial charge in [-0.05, 0) is 48.7 Å². The number of anilines is 2. The van der Waals surface area contributed by atoms with Gasteiger partial charge >= 0.3 is 0 Å². The first-order valence-corrected chi connectivity index (χ1v) is 6.99. The first-order valence-electron chi connectivity index (χ1n) is 6.99. The molecule has 1 aliphatic rings. The van der Waals surface area contributed by atoms with Crippen LogP contribution in [0.2, 0.25) is 0 Å². The molecule has 1 aliphatic heterocycles. The van der Waals surface area contributed by atoms with Crippen molar-refractivity contribution in [3.63, 3.8) is 0 Å². The molecule has 1 saturated heterocycles. The van der Waals surface area contributed by atoms with Crippen LogP contribution in [0.5, 0.6) is 0 Å². The fourth-order valence-corrected chi connectivity index (χ4v) is 2.52. The zero-order chi connectivity index (χ0) is 13.8. The number of benzene rings is 1. The molecule has 0 atom stereocenters. The summed E-state index contributed by atoms with van der Waals surface area (Å²) >= 11 is 0. The Hall–Kier alpha value is -2.10. The van der Waals surface area contributed by atoms with Crippen LogP contribution in [0, 0.1) is 5.82 Å². The van der Waals surface area contributed by atoms with Gasteiger partial charge < -0.3 is 10.2 Å². The van der Waals surface area contributed by atoms with Gasteiger partial charge in [0.25, 0.3) is 0 Å². The highest BCUT2D eigenvalue weighted by Crippen LogP contribution is 2.22. The predicted octanol–water partition coefficient (Wildman–Crippen LogP) is 3.43. The molecule has 4 heteroatoms. The summed E-state index contributed by atoms with van der Waals surface area (Å²) in [5.74, 6) is -0.298. The maximum Gasteiger partial charge on any atom is 0.141 e. The van der Waals surface area contributed by atoms with Gasteiger partial charge in [-0.1, -0.05) is 0 Å². The van der Waals surface area contributed by atoms with Crippen molar-refractivity contribution in [2.24, 2.45) is 0 Å². The van der Waals surface area contributed by atoms with Gasteiger partial charge in [-0.2, -0.15) is 0 Å². The topological polar surface area (TPSA) is 28.2 Å². The van der Waals surface area contributed by atoms with E-state index in [0.29, 0.717) is 6.54 Å². The van der Waals surface area contributed by atoms with Crippen LogP contribution in [-0.2, 0) is 6.54 Å². The molecule has 20 heavy (non-hydrogen) atoms. The molecular weight excluding hydrogens is 253 g/mol. The van der Waals surface area contributed by atoms with Crippen LogP contribution in [0.1, 0.15) is 18.4 Å². The van der Waals surface area contributed by atoms with E-state index < -0.39 is 0 Å². The molecule has 0 spiro atoms. The summed E-state index contributed by atoms with van der Waals surface area (Å²) in [5.41, 5.74) is 3.16. The molecule has 0 saturated carbocycles. The van der Waals surface area contributed by atoms with E-state index in [4.69, 9.17) is 0 Å². The van der Waals surface area contributed by atoms with E-state index in [0.717, 1.165) is 24.3 Å². The highest BCUT2D eigenvalue weighted by atomic mass is 19.1. The van der Waals surface area contributed by atoms with Crippen molar-refractivity contribution in [3.05, 3.63) is 54.1 Å². The summed E-state index contributed by atoms with van der Waals surface area (Å²) in [6, 6.07) is 9.91. The monoisotopic (exact) mass is 271 g/mol. The Morgan fingerprint density at radius 3 is 2.55 bits per heavy atom. The van der Waals surface area contributed by atoms with Gasteiger partial charge in [0.05, 0.1) is 6.20 Å². The van der Waals surface area contributed by atoms with E-state index in [2.05, 4.69) is 39.5 Å². The van der Waals surface area contributed by atoms with Gasteiger partial charge in [0.15, 0.2) is 0 Å². The fraction of sp³-hybridized carbons (Fsp3) is 0.312. The second-order valence-electron chi connectivity index (χ2n) is 5.11. The average Bonchev–Trinajstić information content (AvgIpc) is 3.00. The standard InChI is InChI=1S/C16H18FN3/c17-14-9-13(10-18-12-14)11-19-15-3-5-16(6-4-15)20-7-1-2-8-20/h3-6,9-10,12,19H,1-2,7-8,11H2. The molecule has 1 fully saturated rings. The van der Waals surface area contributed by atoms with Gasteiger partial charge in [0, 0.05) is 37.2 Å². The molecule has 1 N–H and O–H groups in total. The maximum atomic E-state index is 13.0. The number of hydrogen-bond acceptors (Lipinski definition) is 3. The number of halogens is 1. The van der Waals surface area contributed by atoms with Crippen LogP contribution >= 0.6 is 0 Å². The van der Waals surface area contributed by atoms with E-state index in [1.54, 1.807) is 6.20 Å². The lowest BCUT2D eigenvalue weighted by molar-refractivity contribution is 0.619. The van der Waals surface area contributed by atoms with Crippen molar-refractivity contribution in [2.45, 2.75) is 19.4 Å². The van der Waals surface area contributed by atoms with Gasteiger partial charge in [-0.15, -0.1) is 0 Å². The lowest BCUT2D eigenvalue weighted by Crippen LogP contribution is -2.17. The molecule has 2 heterocycles. The van der Waals surface area contributed by atoms with Crippen molar-refractivity contribution in [3.8, 4) is 0 Å². The quantitative estimate of drug-likeness (QED) is 0.923. The van der Waals surface area contributed by atoms with Crippen LogP contribution in [0.15, 0.2) is 42.7 Å². The zero-order valence-corrected chi connectivity index (χ0v) is 11.3. The van der Waals surface area contributed by atoms with Gasteiger partial charge in [-0.25, -0.2) is 4.39 Å². The highest BCUT2D eigenvalue weighted by Gasteiger charge is 2.11. The molecule has 0 aliphatic carbocycles. The Morgan fingerprint density at radius 2 is 1.85 bits per heavy atom. The van der Waals surface area contributed by atoms with Crippen LogP contribution in [0.3, 0.4) is 0 Å². The minimum absolute atomic E-state index is 0.298. The largest absolute Gasteiger partial charge is 0.381 e. The van der Waals surface area contributed by atoms with E-state index in [1.807, 2.05) is 0 Å². The molecule has 2 aromatic rings. The first-order chi connectivity index (χ1) is 9.81. The molecule has 104 valence electrons. The summed E-state index contributed by atoms with van der Waals surface area (Å²) in [6.07, 6.45) is 5.46. The van der Waals surface area contributed by atoms with E-state index in [1.165, 1.54) is 30.8 Å². The van der Waals surface area contributed by atoms with E-state index in [-0.39, 0.29) is 5.82 Å². The number of aromatic nitrogens is 1. The third kappa shape index (κ3) is 3.07. The summed E-state index contributed by atoms with van der Waals surface area (Å²) in [6.45, 7) is 2.89.